The molecule has 3 rings (SSSR count). The van der Waals surface area contributed by atoms with E-state index < -0.39 is 17.2 Å². The molecule has 0 atom stereocenters. The van der Waals surface area contributed by atoms with Gasteiger partial charge in [0.15, 0.2) is 5.13 Å². The Kier molecular flexibility index (Phi) is 6.48. The molecule has 1 saturated carbocycles. The van der Waals surface area contributed by atoms with Crippen molar-refractivity contribution in [3.05, 3.63) is 46.5 Å². The molecule has 0 spiro atoms. The number of benzene rings is 1. The van der Waals surface area contributed by atoms with Crippen molar-refractivity contribution >= 4 is 34.8 Å². The smallest absolute Gasteiger partial charge is 0.246 e. The third-order valence-electron chi connectivity index (χ3n) is 4.35. The van der Waals surface area contributed by atoms with E-state index in [-0.39, 0.29) is 18.3 Å². The van der Waals surface area contributed by atoms with Crippen LogP contribution < -0.4 is 11.1 Å². The van der Waals surface area contributed by atoms with Crippen molar-refractivity contribution in [1.29, 1.82) is 0 Å². The van der Waals surface area contributed by atoms with Crippen LogP contribution in [0.2, 0.25) is 0 Å². The summed E-state index contributed by atoms with van der Waals surface area (Å²) >= 11 is 1.27. The highest BCUT2D eigenvalue weighted by molar-refractivity contribution is 7.15. The van der Waals surface area contributed by atoms with Crippen LogP contribution >= 0.6 is 23.7 Å². The van der Waals surface area contributed by atoms with Crippen LogP contribution in [0.4, 0.5) is 13.9 Å². The lowest BCUT2D eigenvalue weighted by Gasteiger charge is -2.31. The van der Waals surface area contributed by atoms with Crippen molar-refractivity contribution in [2.45, 2.75) is 44.1 Å². The summed E-state index contributed by atoms with van der Waals surface area (Å²) < 4.78 is 26.6. The molecular formula is C17H20ClF2N3OS. The number of hydrogen-bond donors (Lipinski definition) is 2. The zero-order valence-corrected chi connectivity index (χ0v) is 15.2. The molecule has 0 radical (unpaired) electrons. The third-order valence-corrected chi connectivity index (χ3v) is 5.26. The minimum Gasteiger partial charge on any atom is -0.317 e. The van der Waals surface area contributed by atoms with Gasteiger partial charge >= 0.3 is 0 Å². The fraction of sp³-hybridized carbons (Fsp3) is 0.412. The Morgan fingerprint density at radius 2 is 2.00 bits per heavy atom. The minimum atomic E-state index is -0.826. The van der Waals surface area contributed by atoms with E-state index in [1.165, 1.54) is 23.5 Å². The Bertz CT molecular complexity index is 747. The van der Waals surface area contributed by atoms with Crippen LogP contribution in [-0.4, -0.2) is 16.4 Å². The monoisotopic (exact) mass is 387 g/mol. The number of carbonyl (C=O) groups excluding carboxylic acids is 1. The summed E-state index contributed by atoms with van der Waals surface area (Å²) in [5, 5.41) is 3.22. The van der Waals surface area contributed by atoms with Crippen molar-refractivity contribution in [3.63, 3.8) is 0 Å². The molecule has 3 N–H and O–H groups in total. The molecule has 1 aromatic carbocycles. The van der Waals surface area contributed by atoms with Gasteiger partial charge in [-0.15, -0.1) is 23.7 Å². The summed E-state index contributed by atoms with van der Waals surface area (Å²) in [5.41, 5.74) is 5.76. The number of nitrogens with two attached hydrogens (primary N) is 1. The Hall–Kier alpha value is -1.57. The van der Waals surface area contributed by atoms with Gasteiger partial charge in [0.2, 0.25) is 5.91 Å². The van der Waals surface area contributed by atoms with Crippen LogP contribution in [0.3, 0.4) is 0 Å². The number of anilines is 1. The molecule has 0 bridgehead atoms. The molecular weight excluding hydrogens is 368 g/mol. The molecule has 8 heteroatoms. The predicted octanol–water partition coefficient (Wildman–Crippen LogP) is 4.03. The number of aromatic nitrogens is 1. The van der Waals surface area contributed by atoms with Crippen molar-refractivity contribution in [2.24, 2.45) is 5.73 Å². The topological polar surface area (TPSA) is 68.0 Å². The van der Waals surface area contributed by atoms with Crippen molar-refractivity contribution in [1.82, 2.24) is 4.98 Å². The maximum atomic E-state index is 13.7. The van der Waals surface area contributed by atoms with E-state index in [2.05, 4.69) is 10.3 Å². The Balaban J connectivity index is 0.00000225. The van der Waals surface area contributed by atoms with Gasteiger partial charge < -0.3 is 11.1 Å². The van der Waals surface area contributed by atoms with Gasteiger partial charge in [0.05, 0.1) is 5.54 Å². The van der Waals surface area contributed by atoms with Crippen LogP contribution in [0.25, 0.3) is 0 Å². The first-order valence-electron chi connectivity index (χ1n) is 7.95. The van der Waals surface area contributed by atoms with Gasteiger partial charge in [0, 0.05) is 23.6 Å². The lowest BCUT2D eigenvalue weighted by Crippen LogP contribution is -2.52. The number of amides is 1. The van der Waals surface area contributed by atoms with E-state index in [4.69, 9.17) is 5.73 Å². The fourth-order valence-corrected chi connectivity index (χ4v) is 3.76. The number of halogens is 3. The Morgan fingerprint density at radius 3 is 2.68 bits per heavy atom. The maximum absolute atomic E-state index is 13.7. The van der Waals surface area contributed by atoms with E-state index in [9.17, 15) is 13.6 Å². The standard InChI is InChI=1S/C17H19F2N3OS.ClH/c18-12-5-4-11(14(19)9-12)8-13-10-21-16(24-13)22-15(23)17(20)6-2-1-3-7-17;/h4-5,9-10H,1-3,6-8,20H2,(H,21,22,23);1H. The first-order valence-corrected chi connectivity index (χ1v) is 8.77. The van der Waals surface area contributed by atoms with Crippen LogP contribution in [0.15, 0.2) is 24.4 Å². The first kappa shape index (κ1) is 19.8. The van der Waals surface area contributed by atoms with Crippen LogP contribution in [0, 0.1) is 11.6 Å². The molecule has 2 aromatic rings. The molecule has 136 valence electrons. The lowest BCUT2D eigenvalue weighted by molar-refractivity contribution is -0.122. The number of rotatable bonds is 4. The summed E-state index contributed by atoms with van der Waals surface area (Å²) in [6.45, 7) is 0. The molecule has 1 aliphatic rings. The average molecular weight is 388 g/mol. The first-order chi connectivity index (χ1) is 11.5. The number of hydrogen-bond acceptors (Lipinski definition) is 4. The van der Waals surface area contributed by atoms with Gasteiger partial charge in [0.1, 0.15) is 11.6 Å². The van der Waals surface area contributed by atoms with E-state index >= 15 is 0 Å². The third kappa shape index (κ3) is 4.74. The molecule has 1 amide bonds. The van der Waals surface area contributed by atoms with Crippen LogP contribution in [0.5, 0.6) is 0 Å². The van der Waals surface area contributed by atoms with Crippen LogP contribution in [-0.2, 0) is 11.2 Å². The molecule has 0 unspecified atom stereocenters. The molecule has 1 aromatic heterocycles. The zero-order chi connectivity index (χ0) is 17.2. The molecule has 1 heterocycles. The number of nitrogens with one attached hydrogen (secondary N) is 1. The summed E-state index contributed by atoms with van der Waals surface area (Å²) in [6.07, 6.45) is 6.26. The summed E-state index contributed by atoms with van der Waals surface area (Å²) in [4.78, 5) is 17.3. The minimum absolute atomic E-state index is 0. The Labute approximate surface area is 155 Å². The van der Waals surface area contributed by atoms with Gasteiger partial charge in [-0.2, -0.15) is 0 Å². The molecule has 25 heavy (non-hydrogen) atoms. The lowest BCUT2D eigenvalue weighted by atomic mass is 9.82. The van der Waals surface area contributed by atoms with Gasteiger partial charge in [-0.05, 0) is 24.5 Å². The molecule has 1 aliphatic carbocycles. The average Bonchev–Trinajstić information content (AvgIpc) is 2.98. The van der Waals surface area contributed by atoms with E-state index in [1.54, 1.807) is 6.20 Å². The normalized spacial score (nSPS) is 16.1. The number of thiazole rings is 1. The maximum Gasteiger partial charge on any atom is 0.246 e. The van der Waals surface area contributed by atoms with Crippen molar-refractivity contribution in [2.75, 3.05) is 5.32 Å². The predicted molar refractivity (Wildman–Crippen MR) is 97.2 cm³/mol. The second-order valence-corrected chi connectivity index (χ2v) is 7.33. The summed E-state index contributed by atoms with van der Waals surface area (Å²) in [6, 6.07) is 3.50. The SMILES string of the molecule is Cl.NC1(C(=O)Nc2ncc(Cc3ccc(F)cc3F)s2)CCCCC1. The van der Waals surface area contributed by atoms with Gasteiger partial charge in [-0.25, -0.2) is 13.8 Å². The largest absolute Gasteiger partial charge is 0.317 e. The highest BCUT2D eigenvalue weighted by Gasteiger charge is 2.35. The summed E-state index contributed by atoms with van der Waals surface area (Å²) in [7, 11) is 0. The fourth-order valence-electron chi connectivity index (χ4n) is 2.93. The molecule has 0 saturated heterocycles. The molecule has 4 nitrogen and oxygen atoms in total. The molecule has 0 aliphatic heterocycles. The second kappa shape index (κ2) is 8.21. The quantitative estimate of drug-likeness (QED) is 0.832. The Morgan fingerprint density at radius 1 is 1.28 bits per heavy atom. The second-order valence-electron chi connectivity index (χ2n) is 6.22. The summed E-state index contributed by atoms with van der Waals surface area (Å²) in [5.74, 6) is -1.40. The van der Waals surface area contributed by atoms with Gasteiger partial charge in [0.25, 0.3) is 0 Å². The van der Waals surface area contributed by atoms with Gasteiger partial charge in [-0.1, -0.05) is 25.3 Å². The van der Waals surface area contributed by atoms with Crippen LogP contribution in [0.1, 0.15) is 42.5 Å². The van der Waals surface area contributed by atoms with E-state index in [1.807, 2.05) is 0 Å². The van der Waals surface area contributed by atoms with Gasteiger partial charge in [-0.3, -0.25) is 4.79 Å². The van der Waals surface area contributed by atoms with Crippen molar-refractivity contribution < 1.29 is 13.6 Å². The highest BCUT2D eigenvalue weighted by Crippen LogP contribution is 2.28. The molecule has 1 fully saturated rings. The zero-order valence-electron chi connectivity index (χ0n) is 13.6. The highest BCUT2D eigenvalue weighted by atomic mass is 35.5. The number of nitrogens with zero attached hydrogens (tertiary/aromatic N) is 1. The number of carbonyl (C=O) groups is 1. The van der Waals surface area contributed by atoms with Crippen molar-refractivity contribution in [3.8, 4) is 0 Å². The van der Waals surface area contributed by atoms with E-state index in [0.717, 1.165) is 30.2 Å². The van der Waals surface area contributed by atoms with E-state index in [0.29, 0.717) is 30.0 Å².